The third-order valence-corrected chi connectivity index (χ3v) is 3.86. The number of nitrogens with zero attached hydrogens (tertiary/aromatic N) is 1. The number of hydrogen-bond donors (Lipinski definition) is 1. The number of hydrogen-bond acceptors (Lipinski definition) is 3. The fourth-order valence-corrected chi connectivity index (χ4v) is 2.74. The number of nitrogens with one attached hydrogen (secondary N) is 1. The molecule has 0 aliphatic carbocycles. The van der Waals surface area contributed by atoms with Crippen LogP contribution in [-0.2, 0) is 4.74 Å². The zero-order chi connectivity index (χ0) is 13.8. The lowest BCUT2D eigenvalue weighted by Crippen LogP contribution is -2.57. The van der Waals surface area contributed by atoms with Crippen molar-refractivity contribution in [3.63, 3.8) is 0 Å². The molecule has 0 spiro atoms. The van der Waals surface area contributed by atoms with Crippen LogP contribution in [-0.4, -0.2) is 43.8 Å². The Morgan fingerprint density at radius 3 is 2.74 bits per heavy atom. The van der Waals surface area contributed by atoms with Gasteiger partial charge in [0.15, 0.2) is 0 Å². The van der Waals surface area contributed by atoms with Crippen molar-refractivity contribution in [2.45, 2.75) is 32.0 Å². The quantitative estimate of drug-likeness (QED) is 0.904. The molecule has 3 nitrogen and oxygen atoms in total. The van der Waals surface area contributed by atoms with Crippen molar-refractivity contribution in [2.75, 3.05) is 26.8 Å². The van der Waals surface area contributed by atoms with Crippen molar-refractivity contribution in [3.05, 3.63) is 35.6 Å². The first-order valence-electron chi connectivity index (χ1n) is 6.85. The van der Waals surface area contributed by atoms with Gasteiger partial charge in [-0.2, -0.15) is 0 Å². The van der Waals surface area contributed by atoms with Gasteiger partial charge in [-0.25, -0.2) is 4.39 Å². The van der Waals surface area contributed by atoms with E-state index in [9.17, 15) is 4.39 Å². The molecule has 1 heterocycles. The lowest BCUT2D eigenvalue weighted by atomic mass is 10.0. The molecule has 1 N–H and O–H groups in total. The van der Waals surface area contributed by atoms with Crippen LogP contribution < -0.4 is 5.32 Å². The van der Waals surface area contributed by atoms with Crippen LogP contribution in [0.2, 0.25) is 0 Å². The van der Waals surface area contributed by atoms with Crippen LogP contribution in [0, 0.1) is 5.82 Å². The van der Waals surface area contributed by atoms with E-state index in [1.54, 1.807) is 7.11 Å². The zero-order valence-corrected chi connectivity index (χ0v) is 11.9. The summed E-state index contributed by atoms with van der Waals surface area (Å²) in [6.07, 6.45) is 0. The predicted octanol–water partition coefficient (Wildman–Crippen LogP) is 2.20. The largest absolute Gasteiger partial charge is 0.383 e. The molecule has 2 rings (SSSR count). The van der Waals surface area contributed by atoms with Crippen LogP contribution in [0.25, 0.3) is 0 Å². The molecule has 3 atom stereocenters. The van der Waals surface area contributed by atoms with E-state index in [0.29, 0.717) is 18.7 Å². The lowest BCUT2D eigenvalue weighted by Gasteiger charge is -2.42. The van der Waals surface area contributed by atoms with E-state index in [0.717, 1.165) is 18.7 Å². The molecule has 106 valence electrons. The molecule has 1 aromatic rings. The van der Waals surface area contributed by atoms with Crippen LogP contribution in [0.4, 0.5) is 4.39 Å². The third kappa shape index (κ3) is 3.53. The topological polar surface area (TPSA) is 24.5 Å². The van der Waals surface area contributed by atoms with E-state index in [2.05, 4.69) is 24.1 Å². The van der Waals surface area contributed by atoms with Gasteiger partial charge in [0, 0.05) is 38.3 Å². The minimum atomic E-state index is -0.182. The SMILES string of the molecule is COC[C@@H]1CN[C@@H](C)CN1C(C)c1ccc(F)cc1. The zero-order valence-electron chi connectivity index (χ0n) is 11.9. The summed E-state index contributed by atoms with van der Waals surface area (Å²) in [5.41, 5.74) is 1.15. The highest BCUT2D eigenvalue weighted by Crippen LogP contribution is 2.24. The normalized spacial score (nSPS) is 26.3. The molecule has 1 unspecified atom stereocenters. The molecule has 1 fully saturated rings. The van der Waals surface area contributed by atoms with Crippen molar-refractivity contribution < 1.29 is 9.13 Å². The Hall–Kier alpha value is -0.970. The van der Waals surface area contributed by atoms with E-state index in [-0.39, 0.29) is 11.9 Å². The number of ether oxygens (including phenoxy) is 1. The molecule has 0 saturated carbocycles. The van der Waals surface area contributed by atoms with Gasteiger partial charge >= 0.3 is 0 Å². The molecule has 1 aliphatic rings. The Kier molecular flexibility index (Phi) is 4.91. The number of benzene rings is 1. The van der Waals surface area contributed by atoms with Gasteiger partial charge < -0.3 is 10.1 Å². The predicted molar refractivity (Wildman–Crippen MR) is 74.6 cm³/mol. The maximum atomic E-state index is 13.0. The van der Waals surface area contributed by atoms with Gasteiger partial charge in [0.1, 0.15) is 5.82 Å². The number of piperazine rings is 1. The highest BCUT2D eigenvalue weighted by molar-refractivity contribution is 5.20. The van der Waals surface area contributed by atoms with Gasteiger partial charge in [-0.1, -0.05) is 12.1 Å². The highest BCUT2D eigenvalue weighted by atomic mass is 19.1. The van der Waals surface area contributed by atoms with E-state index in [1.165, 1.54) is 12.1 Å². The molecule has 1 saturated heterocycles. The number of methoxy groups -OCH3 is 1. The lowest BCUT2D eigenvalue weighted by molar-refractivity contribution is 0.0360. The van der Waals surface area contributed by atoms with Crippen molar-refractivity contribution in [1.29, 1.82) is 0 Å². The summed E-state index contributed by atoms with van der Waals surface area (Å²) in [5, 5.41) is 3.48. The van der Waals surface area contributed by atoms with Crippen molar-refractivity contribution in [1.82, 2.24) is 10.2 Å². The summed E-state index contributed by atoms with van der Waals surface area (Å²) in [6.45, 7) is 6.99. The molecular formula is C15H23FN2O. The third-order valence-electron chi connectivity index (χ3n) is 3.86. The maximum absolute atomic E-state index is 13.0. The van der Waals surface area contributed by atoms with Gasteiger partial charge in [-0.3, -0.25) is 4.90 Å². The Balaban J connectivity index is 2.13. The second-order valence-corrected chi connectivity index (χ2v) is 5.34. The van der Waals surface area contributed by atoms with Crippen LogP contribution >= 0.6 is 0 Å². The maximum Gasteiger partial charge on any atom is 0.123 e. The standard InChI is InChI=1S/C15H23FN2O/c1-11-9-18(15(8-17-11)10-19-3)12(2)13-4-6-14(16)7-5-13/h4-7,11-12,15,17H,8-10H2,1-3H3/t11-,12?,15-/m0/s1. The molecular weight excluding hydrogens is 243 g/mol. The van der Waals surface area contributed by atoms with E-state index < -0.39 is 0 Å². The average molecular weight is 266 g/mol. The van der Waals surface area contributed by atoms with Gasteiger partial charge in [0.2, 0.25) is 0 Å². The first kappa shape index (κ1) is 14.4. The molecule has 0 bridgehead atoms. The Labute approximate surface area is 114 Å². The second-order valence-electron chi connectivity index (χ2n) is 5.34. The molecule has 4 heteroatoms. The van der Waals surface area contributed by atoms with Crippen molar-refractivity contribution in [2.24, 2.45) is 0 Å². The Bertz CT molecular complexity index is 396. The molecule has 0 amide bonds. The van der Waals surface area contributed by atoms with Gasteiger partial charge in [0.25, 0.3) is 0 Å². The second kappa shape index (κ2) is 6.46. The van der Waals surface area contributed by atoms with Crippen LogP contribution in [0.3, 0.4) is 0 Å². The minimum absolute atomic E-state index is 0.182. The fraction of sp³-hybridized carbons (Fsp3) is 0.600. The van der Waals surface area contributed by atoms with Crippen LogP contribution in [0.1, 0.15) is 25.5 Å². The summed E-state index contributed by atoms with van der Waals surface area (Å²) in [7, 11) is 1.73. The summed E-state index contributed by atoms with van der Waals surface area (Å²) in [4.78, 5) is 2.44. The van der Waals surface area contributed by atoms with Gasteiger partial charge in [-0.05, 0) is 31.5 Å². The monoisotopic (exact) mass is 266 g/mol. The molecule has 0 aromatic heterocycles. The molecule has 1 aliphatic heterocycles. The first-order chi connectivity index (χ1) is 9.11. The summed E-state index contributed by atoms with van der Waals surface area (Å²) in [5.74, 6) is -0.182. The Morgan fingerprint density at radius 2 is 2.11 bits per heavy atom. The van der Waals surface area contributed by atoms with E-state index in [1.807, 2.05) is 12.1 Å². The van der Waals surface area contributed by atoms with Crippen molar-refractivity contribution >= 4 is 0 Å². The molecule has 0 radical (unpaired) electrons. The fourth-order valence-electron chi connectivity index (χ4n) is 2.74. The first-order valence-corrected chi connectivity index (χ1v) is 6.85. The molecule has 19 heavy (non-hydrogen) atoms. The number of rotatable bonds is 4. The summed E-state index contributed by atoms with van der Waals surface area (Å²) in [6, 6.07) is 7.90. The van der Waals surface area contributed by atoms with Crippen LogP contribution in [0.15, 0.2) is 24.3 Å². The van der Waals surface area contributed by atoms with Crippen molar-refractivity contribution in [3.8, 4) is 0 Å². The average Bonchev–Trinajstić information content (AvgIpc) is 2.41. The summed E-state index contributed by atoms with van der Waals surface area (Å²) < 4.78 is 18.3. The van der Waals surface area contributed by atoms with Gasteiger partial charge in [-0.15, -0.1) is 0 Å². The van der Waals surface area contributed by atoms with Crippen LogP contribution in [0.5, 0.6) is 0 Å². The number of halogens is 1. The van der Waals surface area contributed by atoms with E-state index >= 15 is 0 Å². The smallest absolute Gasteiger partial charge is 0.123 e. The highest BCUT2D eigenvalue weighted by Gasteiger charge is 2.29. The Morgan fingerprint density at radius 1 is 1.42 bits per heavy atom. The summed E-state index contributed by atoms with van der Waals surface area (Å²) >= 11 is 0. The minimum Gasteiger partial charge on any atom is -0.383 e. The van der Waals surface area contributed by atoms with Gasteiger partial charge in [0.05, 0.1) is 6.61 Å². The molecule has 1 aromatic carbocycles. The van der Waals surface area contributed by atoms with E-state index in [4.69, 9.17) is 4.74 Å².